The topological polar surface area (TPSA) is 72.6 Å². The number of nitrogens with zero attached hydrogens (tertiary/aromatic N) is 1. The van der Waals surface area contributed by atoms with Gasteiger partial charge in [0.05, 0.1) is 6.61 Å². The summed E-state index contributed by atoms with van der Waals surface area (Å²) in [7, 11) is 3.61. The summed E-state index contributed by atoms with van der Waals surface area (Å²) in [4.78, 5) is 22.3. The molecular formula is C15H20N2O3S2. The van der Waals surface area contributed by atoms with Crippen LogP contribution in [0.4, 0.5) is 4.79 Å². The van der Waals surface area contributed by atoms with E-state index < -0.39 is 5.24 Å². The maximum Gasteiger partial charge on any atom is 0.273 e. The third-order valence-electron chi connectivity index (χ3n) is 2.20. The molecule has 2 N–H and O–H groups in total. The van der Waals surface area contributed by atoms with Gasteiger partial charge < -0.3 is 15.4 Å². The SMILES string of the molecule is CN(C)C(=S)OCCC(=O)C=Cc1ccccc1.NC(=O)S. The van der Waals surface area contributed by atoms with Crippen molar-refractivity contribution < 1.29 is 14.3 Å². The van der Waals surface area contributed by atoms with Crippen LogP contribution in [-0.2, 0) is 9.53 Å². The number of benzene rings is 1. The molecule has 1 amide bonds. The zero-order chi connectivity index (χ0) is 17.0. The molecule has 0 spiro atoms. The van der Waals surface area contributed by atoms with E-state index in [-0.39, 0.29) is 5.78 Å². The molecule has 0 aliphatic carbocycles. The minimum Gasteiger partial charge on any atom is -0.470 e. The minimum absolute atomic E-state index is 0.0282. The van der Waals surface area contributed by atoms with E-state index in [1.807, 2.05) is 30.3 Å². The second kappa shape index (κ2) is 11.8. The first-order valence-electron chi connectivity index (χ1n) is 6.41. The van der Waals surface area contributed by atoms with Gasteiger partial charge in [-0.05, 0) is 23.9 Å². The third kappa shape index (κ3) is 11.9. The number of thiol groups is 1. The van der Waals surface area contributed by atoms with Gasteiger partial charge in [-0.3, -0.25) is 9.59 Å². The fourth-order valence-electron chi connectivity index (χ4n) is 1.20. The normalized spacial score (nSPS) is 9.59. The molecule has 0 heterocycles. The number of carbonyl (C=O) groups is 2. The van der Waals surface area contributed by atoms with E-state index in [1.54, 1.807) is 31.1 Å². The summed E-state index contributed by atoms with van der Waals surface area (Å²) in [5.74, 6) is 0.0282. The number of hydrogen-bond donors (Lipinski definition) is 2. The fraction of sp³-hybridized carbons (Fsp3) is 0.267. The highest BCUT2D eigenvalue weighted by molar-refractivity contribution is 7.96. The van der Waals surface area contributed by atoms with Crippen LogP contribution in [0.3, 0.4) is 0 Å². The highest BCUT2D eigenvalue weighted by atomic mass is 32.1. The maximum absolute atomic E-state index is 11.5. The molecule has 0 atom stereocenters. The highest BCUT2D eigenvalue weighted by Gasteiger charge is 2.01. The Balaban J connectivity index is 0.000000980. The lowest BCUT2D eigenvalue weighted by atomic mass is 10.2. The highest BCUT2D eigenvalue weighted by Crippen LogP contribution is 2.01. The van der Waals surface area contributed by atoms with Gasteiger partial charge in [0.1, 0.15) is 0 Å². The van der Waals surface area contributed by atoms with Crippen LogP contribution >= 0.6 is 24.8 Å². The molecule has 0 radical (unpaired) electrons. The lowest BCUT2D eigenvalue weighted by molar-refractivity contribution is -0.115. The molecule has 5 nitrogen and oxygen atoms in total. The van der Waals surface area contributed by atoms with Gasteiger partial charge >= 0.3 is 0 Å². The summed E-state index contributed by atoms with van der Waals surface area (Å²) < 4.78 is 5.23. The van der Waals surface area contributed by atoms with E-state index in [9.17, 15) is 4.79 Å². The number of ketones is 1. The molecule has 1 aromatic rings. The van der Waals surface area contributed by atoms with E-state index in [4.69, 9.17) is 21.7 Å². The summed E-state index contributed by atoms with van der Waals surface area (Å²) >= 11 is 8.05. The largest absolute Gasteiger partial charge is 0.470 e. The standard InChI is InChI=1S/C14H17NO2S.CH3NOS/c1-15(2)14(18)17-11-10-13(16)9-8-12-6-4-3-5-7-12;2-1(3)4/h3-9H,10-11H2,1-2H3;(H3,2,3,4). The van der Waals surface area contributed by atoms with Crippen molar-refractivity contribution in [2.45, 2.75) is 6.42 Å². The molecule has 0 aliphatic rings. The average Bonchev–Trinajstić information content (AvgIpc) is 2.45. The lowest BCUT2D eigenvalue weighted by Crippen LogP contribution is -2.23. The van der Waals surface area contributed by atoms with Crippen LogP contribution in [0, 0.1) is 0 Å². The molecule has 0 saturated heterocycles. The Labute approximate surface area is 141 Å². The Bertz CT molecular complexity index is 513. The number of amides is 1. The summed E-state index contributed by atoms with van der Waals surface area (Å²) in [6.45, 7) is 0.314. The summed E-state index contributed by atoms with van der Waals surface area (Å²) in [6, 6.07) is 9.70. The van der Waals surface area contributed by atoms with Crippen LogP contribution in [-0.4, -0.2) is 41.8 Å². The molecule has 0 fully saturated rings. The van der Waals surface area contributed by atoms with Crippen LogP contribution < -0.4 is 5.73 Å². The van der Waals surface area contributed by atoms with Gasteiger partial charge in [-0.1, -0.05) is 49.0 Å². The first-order chi connectivity index (χ1) is 10.3. The molecular weight excluding hydrogens is 320 g/mol. The van der Waals surface area contributed by atoms with E-state index in [2.05, 4.69) is 18.4 Å². The fourth-order valence-corrected chi connectivity index (χ4v) is 1.29. The molecule has 1 rings (SSSR count). The van der Waals surface area contributed by atoms with Crippen molar-refractivity contribution in [2.75, 3.05) is 20.7 Å². The zero-order valence-electron chi connectivity index (χ0n) is 12.6. The second-order valence-electron chi connectivity index (χ2n) is 4.31. The molecule has 1 aromatic carbocycles. The van der Waals surface area contributed by atoms with Crippen molar-refractivity contribution in [1.29, 1.82) is 0 Å². The Morgan fingerprint density at radius 3 is 2.36 bits per heavy atom. The van der Waals surface area contributed by atoms with Crippen LogP contribution in [0.25, 0.3) is 6.08 Å². The molecule has 0 aromatic heterocycles. The van der Waals surface area contributed by atoms with Crippen LogP contribution in [0.1, 0.15) is 12.0 Å². The predicted octanol–water partition coefficient (Wildman–Crippen LogP) is 2.52. The number of rotatable bonds is 5. The lowest BCUT2D eigenvalue weighted by Gasteiger charge is -2.13. The molecule has 0 unspecified atom stereocenters. The average molecular weight is 340 g/mol. The van der Waals surface area contributed by atoms with Gasteiger partial charge in [0.25, 0.3) is 10.4 Å². The van der Waals surface area contributed by atoms with Gasteiger partial charge in [-0.15, -0.1) is 0 Å². The van der Waals surface area contributed by atoms with Crippen LogP contribution in [0.15, 0.2) is 36.4 Å². The Hall–Kier alpha value is -1.86. The molecule has 22 heavy (non-hydrogen) atoms. The van der Waals surface area contributed by atoms with Gasteiger partial charge in [-0.2, -0.15) is 0 Å². The van der Waals surface area contributed by atoms with E-state index in [1.165, 1.54) is 0 Å². The van der Waals surface area contributed by atoms with Crippen molar-refractivity contribution in [3.05, 3.63) is 42.0 Å². The summed E-state index contributed by atoms with van der Waals surface area (Å²) in [5, 5.41) is -0.241. The number of ether oxygens (including phenoxy) is 1. The van der Waals surface area contributed by atoms with Gasteiger partial charge in [0, 0.05) is 20.5 Å². The van der Waals surface area contributed by atoms with Gasteiger partial charge in [0.15, 0.2) is 5.78 Å². The van der Waals surface area contributed by atoms with Gasteiger partial charge in [-0.25, -0.2) is 0 Å². The second-order valence-corrected chi connectivity index (χ2v) is 5.10. The van der Waals surface area contributed by atoms with Crippen molar-refractivity contribution in [1.82, 2.24) is 4.90 Å². The number of nitrogens with two attached hydrogens (primary N) is 1. The van der Waals surface area contributed by atoms with Crippen LogP contribution in [0.2, 0.25) is 0 Å². The summed E-state index contributed by atoms with van der Waals surface area (Å²) in [5.41, 5.74) is 5.35. The van der Waals surface area contributed by atoms with Crippen LogP contribution in [0.5, 0.6) is 0 Å². The van der Waals surface area contributed by atoms with Gasteiger partial charge in [0.2, 0.25) is 0 Å². The van der Waals surface area contributed by atoms with Crippen molar-refractivity contribution in [3.8, 4) is 0 Å². The third-order valence-corrected chi connectivity index (χ3v) is 2.68. The van der Waals surface area contributed by atoms with Crippen molar-refractivity contribution >= 4 is 47.1 Å². The smallest absolute Gasteiger partial charge is 0.273 e. The Morgan fingerprint density at radius 1 is 1.32 bits per heavy atom. The number of allylic oxidation sites excluding steroid dienone is 1. The molecule has 0 bridgehead atoms. The Morgan fingerprint density at radius 2 is 1.86 bits per heavy atom. The number of primary amides is 1. The summed E-state index contributed by atoms with van der Waals surface area (Å²) in [6.07, 6.45) is 3.70. The first kappa shape index (κ1) is 20.1. The number of carbonyl (C=O) groups excluding carboxylic acids is 2. The number of thiocarbonyl (C=S) groups is 1. The minimum atomic E-state index is -0.639. The van der Waals surface area contributed by atoms with E-state index >= 15 is 0 Å². The van der Waals surface area contributed by atoms with Crippen molar-refractivity contribution in [2.24, 2.45) is 5.73 Å². The first-order valence-corrected chi connectivity index (χ1v) is 7.27. The van der Waals surface area contributed by atoms with E-state index in [0.717, 1.165) is 5.56 Å². The predicted molar refractivity (Wildman–Crippen MR) is 95.9 cm³/mol. The molecule has 7 heteroatoms. The van der Waals surface area contributed by atoms with Crippen molar-refractivity contribution in [3.63, 3.8) is 0 Å². The van der Waals surface area contributed by atoms with E-state index in [0.29, 0.717) is 18.2 Å². The monoisotopic (exact) mass is 340 g/mol. The zero-order valence-corrected chi connectivity index (χ0v) is 14.3. The number of hydrogen-bond acceptors (Lipinski definition) is 4. The maximum atomic E-state index is 11.5. The quantitative estimate of drug-likeness (QED) is 0.489. The molecule has 120 valence electrons. The Kier molecular flexibility index (Phi) is 10.8. The molecule has 0 saturated carbocycles. The molecule has 0 aliphatic heterocycles.